The normalized spacial score (nSPS) is 21.5. The second-order valence-corrected chi connectivity index (χ2v) is 9.07. The SMILES string of the molecule is NCc1cc(S(=O)(=O)NCC2CCS(=O)(=O)C2)ccc1F. The van der Waals surface area contributed by atoms with Gasteiger partial charge in [0, 0.05) is 18.7 Å². The minimum absolute atomic E-state index is 0.00696. The van der Waals surface area contributed by atoms with E-state index < -0.39 is 25.7 Å². The standard InChI is InChI=1S/C12H17FN2O4S2/c13-12-2-1-11(5-10(12)6-14)21(18,19)15-7-9-3-4-20(16,17)8-9/h1-2,5,9,15H,3-4,6-8,14H2. The van der Waals surface area contributed by atoms with Crippen molar-refractivity contribution in [3.05, 3.63) is 29.6 Å². The van der Waals surface area contributed by atoms with Crippen molar-refractivity contribution in [2.75, 3.05) is 18.1 Å². The van der Waals surface area contributed by atoms with Crippen LogP contribution in [0.15, 0.2) is 23.1 Å². The molecule has 1 atom stereocenters. The molecule has 3 N–H and O–H groups in total. The third-order valence-electron chi connectivity index (χ3n) is 3.44. The summed E-state index contributed by atoms with van der Waals surface area (Å²) >= 11 is 0. The van der Waals surface area contributed by atoms with Gasteiger partial charge in [-0.05, 0) is 30.5 Å². The van der Waals surface area contributed by atoms with Gasteiger partial charge in [0.15, 0.2) is 9.84 Å². The maximum atomic E-state index is 13.3. The van der Waals surface area contributed by atoms with E-state index in [-0.39, 0.29) is 41.0 Å². The van der Waals surface area contributed by atoms with Gasteiger partial charge < -0.3 is 5.73 Å². The van der Waals surface area contributed by atoms with E-state index in [1.54, 1.807) is 0 Å². The van der Waals surface area contributed by atoms with Gasteiger partial charge >= 0.3 is 0 Å². The predicted molar refractivity (Wildman–Crippen MR) is 76.2 cm³/mol. The summed E-state index contributed by atoms with van der Waals surface area (Å²) < 4.78 is 62.5. The van der Waals surface area contributed by atoms with Gasteiger partial charge in [0.05, 0.1) is 16.4 Å². The van der Waals surface area contributed by atoms with Crippen molar-refractivity contribution in [1.29, 1.82) is 0 Å². The molecular weight excluding hydrogens is 319 g/mol. The molecule has 1 heterocycles. The summed E-state index contributed by atoms with van der Waals surface area (Å²) in [5.74, 6) is -0.696. The molecule has 21 heavy (non-hydrogen) atoms. The van der Waals surface area contributed by atoms with Crippen molar-refractivity contribution in [3.63, 3.8) is 0 Å². The second kappa shape index (κ2) is 5.99. The highest BCUT2D eigenvalue weighted by Gasteiger charge is 2.29. The van der Waals surface area contributed by atoms with Crippen LogP contribution in [0.4, 0.5) is 4.39 Å². The molecule has 0 bridgehead atoms. The van der Waals surface area contributed by atoms with Gasteiger partial charge in [-0.2, -0.15) is 0 Å². The van der Waals surface area contributed by atoms with Crippen molar-refractivity contribution in [1.82, 2.24) is 4.72 Å². The molecule has 0 radical (unpaired) electrons. The second-order valence-electron chi connectivity index (χ2n) is 5.08. The first kappa shape index (κ1) is 16.3. The molecule has 0 spiro atoms. The van der Waals surface area contributed by atoms with Crippen molar-refractivity contribution in [2.24, 2.45) is 11.7 Å². The Hall–Kier alpha value is -1.03. The summed E-state index contributed by atoms with van der Waals surface area (Å²) in [6.45, 7) is -0.0487. The summed E-state index contributed by atoms with van der Waals surface area (Å²) in [5.41, 5.74) is 5.46. The maximum absolute atomic E-state index is 13.3. The van der Waals surface area contributed by atoms with E-state index in [1.807, 2.05) is 0 Å². The Labute approximate surface area is 123 Å². The van der Waals surface area contributed by atoms with Crippen molar-refractivity contribution >= 4 is 19.9 Å². The number of hydrogen-bond acceptors (Lipinski definition) is 5. The Kier molecular flexibility index (Phi) is 4.66. The molecule has 0 aliphatic carbocycles. The number of nitrogens with one attached hydrogen (secondary N) is 1. The molecule has 6 nitrogen and oxygen atoms in total. The zero-order chi connectivity index (χ0) is 15.7. The van der Waals surface area contributed by atoms with Gasteiger partial charge in [-0.25, -0.2) is 25.9 Å². The lowest BCUT2D eigenvalue weighted by Crippen LogP contribution is -2.30. The third-order valence-corrected chi connectivity index (χ3v) is 6.69. The first-order valence-corrected chi connectivity index (χ1v) is 9.72. The summed E-state index contributed by atoms with van der Waals surface area (Å²) in [6.07, 6.45) is 0.447. The van der Waals surface area contributed by atoms with E-state index in [0.29, 0.717) is 6.42 Å². The fourth-order valence-electron chi connectivity index (χ4n) is 2.22. The fraction of sp³-hybridized carbons (Fsp3) is 0.500. The molecule has 0 saturated carbocycles. The Morgan fingerprint density at radius 2 is 2.10 bits per heavy atom. The molecule has 1 aliphatic rings. The monoisotopic (exact) mass is 336 g/mol. The molecule has 118 valence electrons. The number of hydrogen-bond donors (Lipinski definition) is 2. The average molecular weight is 336 g/mol. The predicted octanol–water partition coefficient (Wildman–Crippen LogP) is -0.00260. The van der Waals surface area contributed by atoms with Gasteiger partial charge in [0.1, 0.15) is 5.82 Å². The van der Waals surface area contributed by atoms with Gasteiger partial charge in [0.2, 0.25) is 10.0 Å². The summed E-state index contributed by atoms with van der Waals surface area (Å²) in [5, 5.41) is 0. The van der Waals surface area contributed by atoms with Gasteiger partial charge in [0.25, 0.3) is 0 Å². The van der Waals surface area contributed by atoms with E-state index in [2.05, 4.69) is 4.72 Å². The number of sulfone groups is 1. The summed E-state index contributed by atoms with van der Waals surface area (Å²) in [4.78, 5) is -0.0785. The molecule has 1 aromatic carbocycles. The van der Waals surface area contributed by atoms with Crippen molar-refractivity contribution in [3.8, 4) is 0 Å². The van der Waals surface area contributed by atoms with Crippen molar-refractivity contribution in [2.45, 2.75) is 17.9 Å². The lowest BCUT2D eigenvalue weighted by molar-refractivity contribution is 0.542. The first-order chi connectivity index (χ1) is 9.73. The fourth-order valence-corrected chi connectivity index (χ4v) is 5.25. The molecule has 1 unspecified atom stereocenters. The number of rotatable bonds is 5. The van der Waals surface area contributed by atoms with Crippen LogP contribution in [0, 0.1) is 11.7 Å². The lowest BCUT2D eigenvalue weighted by atomic mass is 10.1. The zero-order valence-electron chi connectivity index (χ0n) is 11.2. The van der Waals surface area contributed by atoms with Crippen LogP contribution in [0.5, 0.6) is 0 Å². The molecule has 2 rings (SSSR count). The molecule has 1 saturated heterocycles. The summed E-state index contributed by atoms with van der Waals surface area (Å²) in [7, 11) is -6.85. The maximum Gasteiger partial charge on any atom is 0.240 e. The van der Waals surface area contributed by atoms with E-state index in [9.17, 15) is 21.2 Å². The number of halogens is 1. The van der Waals surface area contributed by atoms with Crippen molar-refractivity contribution < 1.29 is 21.2 Å². The van der Waals surface area contributed by atoms with Gasteiger partial charge in [-0.1, -0.05) is 0 Å². The molecule has 1 aromatic rings. The van der Waals surface area contributed by atoms with Crippen LogP contribution < -0.4 is 10.5 Å². The highest BCUT2D eigenvalue weighted by Crippen LogP contribution is 2.19. The third kappa shape index (κ3) is 4.00. The van der Waals surface area contributed by atoms with E-state index >= 15 is 0 Å². The van der Waals surface area contributed by atoms with E-state index in [4.69, 9.17) is 5.73 Å². The number of sulfonamides is 1. The minimum Gasteiger partial charge on any atom is -0.326 e. The average Bonchev–Trinajstić information content (AvgIpc) is 2.76. The summed E-state index contributed by atoms with van der Waals surface area (Å²) in [6, 6.07) is 3.39. The van der Waals surface area contributed by atoms with E-state index in [1.165, 1.54) is 6.07 Å². The largest absolute Gasteiger partial charge is 0.326 e. The molecule has 1 fully saturated rings. The Balaban J connectivity index is 2.09. The van der Waals surface area contributed by atoms with Crippen LogP contribution in [-0.2, 0) is 26.4 Å². The van der Waals surface area contributed by atoms with Crippen LogP contribution >= 0.6 is 0 Å². The van der Waals surface area contributed by atoms with Crippen LogP contribution in [0.25, 0.3) is 0 Å². The molecule has 9 heteroatoms. The lowest BCUT2D eigenvalue weighted by Gasteiger charge is -2.11. The van der Waals surface area contributed by atoms with Crippen LogP contribution in [-0.4, -0.2) is 34.9 Å². The quantitative estimate of drug-likeness (QED) is 0.787. The minimum atomic E-state index is -3.80. The van der Waals surface area contributed by atoms with Crippen LogP contribution in [0.1, 0.15) is 12.0 Å². The number of benzene rings is 1. The number of nitrogens with two attached hydrogens (primary N) is 1. The Morgan fingerprint density at radius 3 is 2.67 bits per heavy atom. The zero-order valence-corrected chi connectivity index (χ0v) is 12.9. The molecule has 0 amide bonds. The topological polar surface area (TPSA) is 106 Å². The smallest absolute Gasteiger partial charge is 0.240 e. The van der Waals surface area contributed by atoms with Crippen LogP contribution in [0.2, 0.25) is 0 Å². The van der Waals surface area contributed by atoms with Crippen LogP contribution in [0.3, 0.4) is 0 Å². The highest BCUT2D eigenvalue weighted by molar-refractivity contribution is 7.91. The molecule has 0 aromatic heterocycles. The molecular formula is C12H17FN2O4S2. The van der Waals surface area contributed by atoms with E-state index in [0.717, 1.165) is 12.1 Å². The van der Waals surface area contributed by atoms with Gasteiger partial charge in [-0.15, -0.1) is 0 Å². The molecule has 1 aliphatic heterocycles. The Bertz CT molecular complexity index is 732. The first-order valence-electron chi connectivity index (χ1n) is 6.42. The van der Waals surface area contributed by atoms with Gasteiger partial charge in [-0.3, -0.25) is 0 Å². The highest BCUT2D eigenvalue weighted by atomic mass is 32.2. The Morgan fingerprint density at radius 1 is 1.38 bits per heavy atom.